The Morgan fingerprint density at radius 1 is 1.03 bits per heavy atom. The number of anilines is 3. The molecule has 0 aliphatic carbocycles. The molecule has 0 radical (unpaired) electrons. The first-order valence-corrected chi connectivity index (χ1v) is 11.9. The molecule has 7 heteroatoms. The summed E-state index contributed by atoms with van der Waals surface area (Å²) in [7, 11) is 0. The van der Waals surface area contributed by atoms with Gasteiger partial charge in [-0.05, 0) is 68.4 Å². The first-order chi connectivity index (χ1) is 16.0. The predicted molar refractivity (Wildman–Crippen MR) is 132 cm³/mol. The zero-order valence-electron chi connectivity index (χ0n) is 19.8. The van der Waals surface area contributed by atoms with Crippen LogP contribution in [0.3, 0.4) is 0 Å². The lowest BCUT2D eigenvalue weighted by atomic mass is 10.1. The number of likely N-dealkylation sites (N-methyl/N-ethyl adjacent to an activating group) is 1. The minimum atomic E-state index is -0.370. The standard InChI is InChI=1S/C26H34N4O3/c1-4-28-12-14-29(15-13-28)22-8-11-24(19(3)16-22)27-26(32)20-17-25(31)30(18-20)21-6-9-23(10-7-21)33-5-2/h6-11,16,20H,4-5,12-15,17-18H2,1-3H3,(H,27,32)/t20-/m0/s1. The van der Waals surface area contributed by atoms with Gasteiger partial charge in [-0.1, -0.05) is 6.92 Å². The zero-order valence-corrected chi connectivity index (χ0v) is 19.8. The largest absolute Gasteiger partial charge is 0.494 e. The normalized spacial score (nSPS) is 19.1. The van der Waals surface area contributed by atoms with E-state index in [2.05, 4.69) is 34.2 Å². The predicted octanol–water partition coefficient (Wildman–Crippen LogP) is 3.53. The first-order valence-electron chi connectivity index (χ1n) is 11.9. The number of hydrogen-bond donors (Lipinski definition) is 1. The molecule has 33 heavy (non-hydrogen) atoms. The highest BCUT2D eigenvalue weighted by Crippen LogP contribution is 2.29. The van der Waals surface area contributed by atoms with Gasteiger partial charge in [0.05, 0.1) is 12.5 Å². The molecule has 2 aliphatic heterocycles. The van der Waals surface area contributed by atoms with Crippen LogP contribution in [0.5, 0.6) is 5.75 Å². The molecule has 2 aromatic carbocycles. The fourth-order valence-corrected chi connectivity index (χ4v) is 4.56. The van der Waals surface area contributed by atoms with Crippen molar-refractivity contribution < 1.29 is 14.3 Å². The second kappa shape index (κ2) is 10.3. The van der Waals surface area contributed by atoms with Crippen molar-refractivity contribution in [2.24, 2.45) is 5.92 Å². The van der Waals surface area contributed by atoms with Gasteiger partial charge in [0, 0.05) is 56.2 Å². The van der Waals surface area contributed by atoms with Crippen molar-refractivity contribution in [3.05, 3.63) is 48.0 Å². The third-order valence-electron chi connectivity index (χ3n) is 6.61. The number of hydrogen-bond acceptors (Lipinski definition) is 5. The molecular weight excluding hydrogens is 416 g/mol. The van der Waals surface area contributed by atoms with E-state index in [-0.39, 0.29) is 24.2 Å². The van der Waals surface area contributed by atoms with Gasteiger partial charge in [-0.2, -0.15) is 0 Å². The Hall–Kier alpha value is -3.06. The molecule has 0 spiro atoms. The molecule has 2 saturated heterocycles. The Bertz CT molecular complexity index is 984. The van der Waals surface area contributed by atoms with E-state index in [4.69, 9.17) is 4.74 Å². The molecule has 0 saturated carbocycles. The fraction of sp³-hybridized carbons (Fsp3) is 0.462. The summed E-state index contributed by atoms with van der Waals surface area (Å²) in [6, 6.07) is 13.6. The molecule has 4 rings (SSSR count). The van der Waals surface area contributed by atoms with Crippen LogP contribution in [0.15, 0.2) is 42.5 Å². The molecule has 2 fully saturated rings. The van der Waals surface area contributed by atoms with Gasteiger partial charge in [-0.15, -0.1) is 0 Å². The van der Waals surface area contributed by atoms with E-state index in [9.17, 15) is 9.59 Å². The van der Waals surface area contributed by atoms with Crippen LogP contribution in [-0.2, 0) is 9.59 Å². The summed E-state index contributed by atoms with van der Waals surface area (Å²) in [6.45, 7) is 12.4. The summed E-state index contributed by atoms with van der Waals surface area (Å²) in [5, 5.41) is 3.05. The number of aryl methyl sites for hydroxylation is 1. The van der Waals surface area contributed by atoms with Gasteiger partial charge in [0.25, 0.3) is 0 Å². The fourth-order valence-electron chi connectivity index (χ4n) is 4.56. The molecule has 0 unspecified atom stereocenters. The maximum Gasteiger partial charge on any atom is 0.229 e. The van der Waals surface area contributed by atoms with Crippen LogP contribution < -0.4 is 19.9 Å². The molecule has 2 heterocycles. The molecule has 0 bridgehead atoms. The summed E-state index contributed by atoms with van der Waals surface area (Å²) in [4.78, 5) is 32.1. The topological polar surface area (TPSA) is 65.1 Å². The molecule has 2 amide bonds. The summed E-state index contributed by atoms with van der Waals surface area (Å²) in [5.74, 6) is 0.264. The maximum atomic E-state index is 13.0. The Morgan fingerprint density at radius 3 is 2.36 bits per heavy atom. The van der Waals surface area contributed by atoms with E-state index in [1.165, 1.54) is 5.69 Å². The highest BCUT2D eigenvalue weighted by atomic mass is 16.5. The maximum absolute atomic E-state index is 13.0. The number of ether oxygens (including phenoxy) is 1. The third kappa shape index (κ3) is 5.30. The lowest BCUT2D eigenvalue weighted by Gasteiger charge is -2.35. The molecule has 2 aromatic rings. The van der Waals surface area contributed by atoms with E-state index in [1.807, 2.05) is 44.2 Å². The Labute approximate surface area is 196 Å². The molecule has 2 aliphatic rings. The Morgan fingerprint density at radius 2 is 1.73 bits per heavy atom. The van der Waals surface area contributed by atoms with Crippen LogP contribution in [0.1, 0.15) is 25.8 Å². The van der Waals surface area contributed by atoms with Crippen LogP contribution in [0.25, 0.3) is 0 Å². The average Bonchev–Trinajstić information content (AvgIpc) is 3.23. The second-order valence-electron chi connectivity index (χ2n) is 8.74. The van der Waals surface area contributed by atoms with E-state index < -0.39 is 0 Å². The number of carbonyl (C=O) groups is 2. The van der Waals surface area contributed by atoms with Gasteiger partial charge >= 0.3 is 0 Å². The van der Waals surface area contributed by atoms with E-state index in [1.54, 1.807) is 4.90 Å². The van der Waals surface area contributed by atoms with Crippen LogP contribution in [-0.4, -0.2) is 62.6 Å². The number of carbonyl (C=O) groups excluding carboxylic acids is 2. The summed E-state index contributed by atoms with van der Waals surface area (Å²) in [6.07, 6.45) is 0.220. The Kier molecular flexibility index (Phi) is 7.18. The van der Waals surface area contributed by atoms with Gasteiger partial charge in [0.2, 0.25) is 11.8 Å². The summed E-state index contributed by atoms with van der Waals surface area (Å²) in [5.41, 5.74) is 3.83. The lowest BCUT2D eigenvalue weighted by Crippen LogP contribution is -2.46. The van der Waals surface area contributed by atoms with Gasteiger partial charge in [-0.25, -0.2) is 0 Å². The van der Waals surface area contributed by atoms with Crippen LogP contribution in [0, 0.1) is 12.8 Å². The van der Waals surface area contributed by atoms with Crippen molar-refractivity contribution in [3.63, 3.8) is 0 Å². The SMILES string of the molecule is CCOc1ccc(N2C[C@@H](C(=O)Nc3ccc(N4CCN(CC)CC4)cc3C)CC2=O)cc1. The summed E-state index contributed by atoms with van der Waals surface area (Å²) < 4.78 is 5.47. The quantitative estimate of drug-likeness (QED) is 0.699. The van der Waals surface area contributed by atoms with E-state index >= 15 is 0 Å². The van der Waals surface area contributed by atoms with Crippen LogP contribution in [0.2, 0.25) is 0 Å². The van der Waals surface area contributed by atoms with Crippen molar-refractivity contribution in [1.82, 2.24) is 4.90 Å². The number of benzene rings is 2. The van der Waals surface area contributed by atoms with E-state index in [0.29, 0.717) is 13.2 Å². The molecule has 0 aromatic heterocycles. The van der Waals surface area contributed by atoms with Crippen molar-refractivity contribution >= 4 is 28.9 Å². The number of nitrogens with zero attached hydrogens (tertiary/aromatic N) is 3. The minimum absolute atomic E-state index is 0.0300. The third-order valence-corrected chi connectivity index (χ3v) is 6.61. The minimum Gasteiger partial charge on any atom is -0.494 e. The van der Waals surface area contributed by atoms with Crippen molar-refractivity contribution in [3.8, 4) is 5.75 Å². The number of amides is 2. The number of rotatable bonds is 7. The van der Waals surface area contributed by atoms with Gasteiger partial charge in [-0.3, -0.25) is 9.59 Å². The molecule has 176 valence electrons. The Balaban J connectivity index is 1.36. The molecular formula is C26H34N4O3. The van der Waals surface area contributed by atoms with Crippen molar-refractivity contribution in [1.29, 1.82) is 0 Å². The highest BCUT2D eigenvalue weighted by molar-refractivity contribution is 6.03. The smallest absolute Gasteiger partial charge is 0.229 e. The molecule has 1 N–H and O–H groups in total. The highest BCUT2D eigenvalue weighted by Gasteiger charge is 2.35. The van der Waals surface area contributed by atoms with E-state index in [0.717, 1.165) is 55.4 Å². The second-order valence-corrected chi connectivity index (χ2v) is 8.74. The van der Waals surface area contributed by atoms with Crippen molar-refractivity contribution in [2.45, 2.75) is 27.2 Å². The summed E-state index contributed by atoms with van der Waals surface area (Å²) >= 11 is 0. The molecule has 1 atom stereocenters. The van der Waals surface area contributed by atoms with Gasteiger partial charge < -0.3 is 24.8 Å². The van der Waals surface area contributed by atoms with Crippen LogP contribution >= 0.6 is 0 Å². The number of nitrogens with one attached hydrogen (secondary N) is 1. The van der Waals surface area contributed by atoms with Gasteiger partial charge in [0.15, 0.2) is 0 Å². The first kappa shape index (κ1) is 23.1. The zero-order chi connectivity index (χ0) is 23.4. The lowest BCUT2D eigenvalue weighted by molar-refractivity contribution is -0.122. The monoisotopic (exact) mass is 450 g/mol. The van der Waals surface area contributed by atoms with Gasteiger partial charge in [0.1, 0.15) is 5.75 Å². The average molecular weight is 451 g/mol. The van der Waals surface area contributed by atoms with Crippen LogP contribution in [0.4, 0.5) is 17.1 Å². The molecule has 7 nitrogen and oxygen atoms in total. The van der Waals surface area contributed by atoms with Crippen molar-refractivity contribution in [2.75, 3.05) is 61.0 Å². The number of piperazine rings is 1.